The number of aldehydes is 1. The van der Waals surface area contributed by atoms with Crippen LogP contribution in [0.2, 0.25) is 0 Å². The van der Waals surface area contributed by atoms with Gasteiger partial charge in [-0.05, 0) is 11.5 Å². The molecule has 0 spiro atoms. The summed E-state index contributed by atoms with van der Waals surface area (Å²) in [6.07, 6.45) is 0.631. The minimum absolute atomic E-state index is 0.0260. The molecule has 0 saturated heterocycles. The Hall–Kier alpha value is -2.08. The molecule has 0 saturated carbocycles. The molecule has 2 rings (SSSR count). The molecule has 2 aromatic carbocycles. The van der Waals surface area contributed by atoms with Crippen LogP contribution in [0.4, 0.5) is 5.69 Å². The molecule has 88 valence electrons. The number of carbonyl (C=O) groups excluding carboxylic acids is 1. The molecule has 0 atom stereocenters. The Morgan fingerprint density at radius 3 is 2.41 bits per heavy atom. The molecule has 0 bridgehead atoms. The molecule has 0 heterocycles. The van der Waals surface area contributed by atoms with Crippen molar-refractivity contribution < 1.29 is 17.4 Å². The van der Waals surface area contributed by atoms with Crippen molar-refractivity contribution >= 4 is 33.7 Å². The predicted molar refractivity (Wildman–Crippen MR) is 64.7 cm³/mol. The summed E-state index contributed by atoms with van der Waals surface area (Å²) in [6, 6.07) is 8.26. The van der Waals surface area contributed by atoms with Gasteiger partial charge in [-0.3, -0.25) is 4.79 Å². The second-order valence-corrected chi connectivity index (χ2v) is 3.99. The normalized spacial score (nSPS) is 10.6. The van der Waals surface area contributed by atoms with E-state index in [0.29, 0.717) is 22.6 Å². The maximum atomic E-state index is 10.9. The highest BCUT2D eigenvalue weighted by Crippen LogP contribution is 2.32. The second kappa shape index (κ2) is 4.42. The van der Waals surface area contributed by atoms with Gasteiger partial charge in [0.15, 0.2) is 12.0 Å². The lowest BCUT2D eigenvalue weighted by Crippen LogP contribution is -1.98. The van der Waals surface area contributed by atoms with Gasteiger partial charge in [0.2, 0.25) is 0 Å². The maximum absolute atomic E-state index is 10.9. The van der Waals surface area contributed by atoms with Gasteiger partial charge in [-0.15, -0.1) is 0 Å². The van der Waals surface area contributed by atoms with Gasteiger partial charge in [-0.25, -0.2) is 0 Å². The minimum atomic E-state index is -3.06. The molecule has 0 aliphatic carbocycles. The summed E-state index contributed by atoms with van der Waals surface area (Å²) >= 11 is 0. The molecule has 2 aromatic rings. The summed E-state index contributed by atoms with van der Waals surface area (Å²) in [5.74, 6) is -0.0260. The lowest BCUT2D eigenvalue weighted by Gasteiger charge is -2.08. The van der Waals surface area contributed by atoms with Gasteiger partial charge in [-0.1, -0.05) is 24.3 Å². The largest absolute Gasteiger partial charge is 0.395 e. The van der Waals surface area contributed by atoms with Gasteiger partial charge < -0.3 is 9.92 Å². The Bertz CT molecular complexity index is 656. The molecule has 17 heavy (non-hydrogen) atoms. The van der Waals surface area contributed by atoms with Crippen molar-refractivity contribution in [3.8, 4) is 5.75 Å². The van der Waals surface area contributed by atoms with E-state index in [1.807, 2.05) is 0 Å². The lowest BCUT2D eigenvalue weighted by atomic mass is 10.0. The van der Waals surface area contributed by atoms with Crippen LogP contribution in [0.15, 0.2) is 30.3 Å². The molecule has 0 radical (unpaired) electrons. The first kappa shape index (κ1) is 11.4. The monoisotopic (exact) mass is 251 g/mol. The van der Waals surface area contributed by atoms with E-state index >= 15 is 0 Å². The van der Waals surface area contributed by atoms with Crippen LogP contribution < -0.4 is 9.92 Å². The Morgan fingerprint density at radius 2 is 1.82 bits per heavy atom. The van der Waals surface area contributed by atoms with Crippen LogP contribution in [0.1, 0.15) is 10.4 Å². The van der Waals surface area contributed by atoms with Gasteiger partial charge in [0.05, 0.1) is 5.69 Å². The van der Waals surface area contributed by atoms with Crippen molar-refractivity contribution in [3.05, 3.63) is 35.9 Å². The quantitative estimate of drug-likeness (QED) is 0.485. The van der Waals surface area contributed by atoms with Crippen LogP contribution in [0, 0.1) is 0 Å². The standard InChI is InChI=1S/C11H9NO4S/c12-11-9-4-2-1-3-8(9)7(6-13)5-10(11)16-17(14)15/h1-6,17H,12H2. The Kier molecular flexibility index (Phi) is 2.97. The molecule has 0 aliphatic heterocycles. The number of anilines is 1. The highest BCUT2D eigenvalue weighted by molar-refractivity contribution is 7.67. The number of benzene rings is 2. The van der Waals surface area contributed by atoms with Crippen molar-refractivity contribution in [1.82, 2.24) is 0 Å². The number of carbonyl (C=O) groups is 1. The molecular weight excluding hydrogens is 242 g/mol. The van der Waals surface area contributed by atoms with Crippen molar-refractivity contribution in [3.63, 3.8) is 0 Å². The van der Waals surface area contributed by atoms with Crippen molar-refractivity contribution in [2.75, 3.05) is 5.73 Å². The molecule has 6 heteroatoms. The first-order valence-electron chi connectivity index (χ1n) is 4.72. The van der Waals surface area contributed by atoms with E-state index < -0.39 is 11.0 Å². The highest BCUT2D eigenvalue weighted by atomic mass is 32.2. The smallest absolute Gasteiger partial charge is 0.299 e. The third-order valence-corrected chi connectivity index (χ3v) is 2.73. The fourth-order valence-corrected chi connectivity index (χ4v) is 1.96. The highest BCUT2D eigenvalue weighted by Gasteiger charge is 2.10. The van der Waals surface area contributed by atoms with Crippen LogP contribution in [-0.4, -0.2) is 14.7 Å². The number of nitrogen functional groups attached to an aromatic ring is 1. The van der Waals surface area contributed by atoms with E-state index in [1.54, 1.807) is 24.3 Å². The number of thiol groups is 1. The van der Waals surface area contributed by atoms with Crippen molar-refractivity contribution in [1.29, 1.82) is 0 Å². The summed E-state index contributed by atoms with van der Waals surface area (Å²) in [5.41, 5.74) is 6.32. The average Bonchev–Trinajstić information content (AvgIpc) is 2.32. The maximum Gasteiger partial charge on any atom is 0.299 e. The number of nitrogens with two attached hydrogens (primary N) is 1. The number of hydrogen-bond donors (Lipinski definition) is 2. The van der Waals surface area contributed by atoms with Gasteiger partial charge in [0, 0.05) is 10.9 Å². The van der Waals surface area contributed by atoms with Crippen LogP contribution in [0.3, 0.4) is 0 Å². The average molecular weight is 251 g/mol. The number of rotatable bonds is 3. The van der Waals surface area contributed by atoms with Crippen LogP contribution in [0.25, 0.3) is 10.8 Å². The predicted octanol–water partition coefficient (Wildman–Crippen LogP) is 1.14. The van der Waals surface area contributed by atoms with Crippen molar-refractivity contribution in [2.45, 2.75) is 0 Å². The third-order valence-electron chi connectivity index (χ3n) is 2.38. The molecule has 5 nitrogen and oxygen atoms in total. The molecule has 0 fully saturated rings. The Morgan fingerprint density at radius 1 is 1.18 bits per heavy atom. The zero-order valence-electron chi connectivity index (χ0n) is 8.62. The molecule has 2 N–H and O–H groups in total. The Labute approximate surface area is 99.0 Å². The molecule has 0 aromatic heterocycles. The van der Waals surface area contributed by atoms with Crippen LogP contribution in [0.5, 0.6) is 5.75 Å². The second-order valence-electron chi connectivity index (χ2n) is 3.36. The topological polar surface area (TPSA) is 86.5 Å². The first-order valence-corrected chi connectivity index (χ1v) is 5.82. The third kappa shape index (κ3) is 2.07. The molecule has 0 aliphatic rings. The SMILES string of the molecule is Nc1c(O[SH](=O)=O)cc(C=O)c2ccccc12. The number of fused-ring (bicyclic) bond motifs is 1. The van der Waals surface area contributed by atoms with Gasteiger partial charge in [-0.2, -0.15) is 8.42 Å². The van der Waals surface area contributed by atoms with Gasteiger partial charge in [0.1, 0.15) is 0 Å². The van der Waals surface area contributed by atoms with E-state index in [4.69, 9.17) is 5.73 Å². The summed E-state index contributed by atoms with van der Waals surface area (Å²) in [4.78, 5) is 10.9. The number of hydrogen-bond acceptors (Lipinski definition) is 5. The molecule has 0 amide bonds. The zero-order valence-corrected chi connectivity index (χ0v) is 9.52. The first-order chi connectivity index (χ1) is 8.13. The van der Waals surface area contributed by atoms with E-state index in [0.717, 1.165) is 0 Å². The summed E-state index contributed by atoms with van der Waals surface area (Å²) in [6.45, 7) is 0. The fraction of sp³-hybridized carbons (Fsp3) is 0. The van der Waals surface area contributed by atoms with E-state index in [1.165, 1.54) is 6.07 Å². The van der Waals surface area contributed by atoms with Gasteiger partial charge >= 0.3 is 0 Å². The summed E-state index contributed by atoms with van der Waals surface area (Å²) in [7, 11) is -3.06. The van der Waals surface area contributed by atoms with Gasteiger partial charge in [0.25, 0.3) is 11.0 Å². The summed E-state index contributed by atoms with van der Waals surface area (Å²) in [5, 5.41) is 1.25. The Balaban J connectivity index is 2.79. The van der Waals surface area contributed by atoms with E-state index in [-0.39, 0.29) is 11.4 Å². The van der Waals surface area contributed by atoms with E-state index in [9.17, 15) is 13.2 Å². The fourth-order valence-electron chi connectivity index (χ4n) is 1.65. The molecule has 0 unspecified atom stereocenters. The van der Waals surface area contributed by atoms with Crippen LogP contribution in [-0.2, 0) is 11.0 Å². The lowest BCUT2D eigenvalue weighted by molar-refractivity contribution is 0.112. The zero-order chi connectivity index (χ0) is 12.4. The van der Waals surface area contributed by atoms with Crippen molar-refractivity contribution in [2.24, 2.45) is 0 Å². The minimum Gasteiger partial charge on any atom is -0.395 e. The van der Waals surface area contributed by atoms with Crippen LogP contribution >= 0.6 is 0 Å². The summed E-state index contributed by atoms with van der Waals surface area (Å²) < 4.78 is 25.6. The molecular formula is C11H9NO4S. The van der Waals surface area contributed by atoms with E-state index in [2.05, 4.69) is 4.18 Å².